The second-order valence-electron chi connectivity index (χ2n) is 9.08. The van der Waals surface area contributed by atoms with Crippen LogP contribution >= 0.6 is 22.7 Å². The van der Waals surface area contributed by atoms with Gasteiger partial charge in [-0.05, 0) is 87.3 Å². The van der Waals surface area contributed by atoms with E-state index in [0.717, 1.165) is 0 Å². The summed E-state index contributed by atoms with van der Waals surface area (Å²) in [6.45, 7) is 2.29. The lowest BCUT2D eigenvalue weighted by Crippen LogP contribution is -1.86. The summed E-state index contributed by atoms with van der Waals surface area (Å²) in [7, 11) is 0. The van der Waals surface area contributed by atoms with Gasteiger partial charge in [-0.25, -0.2) is 0 Å². The summed E-state index contributed by atoms with van der Waals surface area (Å²) in [5.41, 5.74) is 2.82. The molecule has 0 nitrogen and oxygen atoms in total. The van der Waals surface area contributed by atoms with Gasteiger partial charge in [0.15, 0.2) is 0 Å². The van der Waals surface area contributed by atoms with Crippen LogP contribution in [0.15, 0.2) is 66.0 Å². The highest BCUT2D eigenvalue weighted by Crippen LogP contribution is 2.37. The lowest BCUT2D eigenvalue weighted by atomic mass is 10.0. The molecule has 32 heavy (non-hydrogen) atoms. The minimum atomic E-state index is 1.21. The van der Waals surface area contributed by atoms with E-state index in [1.165, 1.54) is 105 Å². The smallest absolute Gasteiger partial charge is 0.0355 e. The molecule has 0 aliphatic heterocycles. The van der Waals surface area contributed by atoms with Gasteiger partial charge in [0.25, 0.3) is 0 Å². The highest BCUT2D eigenvalue weighted by atomic mass is 32.1. The first-order valence-corrected chi connectivity index (χ1v) is 13.9. The van der Waals surface area contributed by atoms with Crippen LogP contribution in [0, 0.1) is 0 Å². The Balaban J connectivity index is 1.23. The summed E-state index contributed by atoms with van der Waals surface area (Å²) < 4.78 is 2.76. The maximum atomic E-state index is 2.37. The molecule has 164 valence electrons. The first-order chi connectivity index (χ1) is 15.8. The van der Waals surface area contributed by atoms with E-state index in [2.05, 4.69) is 73.0 Å². The molecule has 0 atom stereocenters. The maximum absolute atomic E-state index is 2.37. The number of aryl methyl sites for hydroxylation is 1. The van der Waals surface area contributed by atoms with E-state index >= 15 is 0 Å². The molecule has 0 saturated carbocycles. The standard InChI is InChI=1S/C30H32S2/c1-2-3-4-5-6-7-8-9-10-22-11-13-23(14-12-22)29-21-27-18-25-17-24-15-16-31-28(24)19-26(25)20-30(27)32-29/h11-21H,2-10H2,1H3. The summed E-state index contributed by atoms with van der Waals surface area (Å²) in [5, 5.41) is 7.58. The lowest BCUT2D eigenvalue weighted by molar-refractivity contribution is 0.575. The Morgan fingerprint density at radius 3 is 2.09 bits per heavy atom. The number of rotatable bonds is 10. The van der Waals surface area contributed by atoms with E-state index in [1.54, 1.807) is 0 Å². The van der Waals surface area contributed by atoms with Crippen LogP contribution in [-0.4, -0.2) is 0 Å². The van der Waals surface area contributed by atoms with Crippen molar-refractivity contribution in [3.63, 3.8) is 0 Å². The molecule has 0 N–H and O–H groups in total. The van der Waals surface area contributed by atoms with Gasteiger partial charge in [-0.1, -0.05) is 76.1 Å². The Morgan fingerprint density at radius 2 is 1.28 bits per heavy atom. The normalized spacial score (nSPS) is 11.8. The Morgan fingerprint density at radius 1 is 0.594 bits per heavy atom. The fourth-order valence-corrected chi connectivity index (χ4v) is 6.61. The minimum absolute atomic E-state index is 1.21. The molecule has 0 saturated heterocycles. The average molecular weight is 457 g/mol. The number of hydrogen-bond acceptors (Lipinski definition) is 2. The first-order valence-electron chi connectivity index (χ1n) is 12.2. The Hall–Kier alpha value is -2.16. The molecule has 3 aromatic carbocycles. The molecule has 2 heteroatoms. The molecular weight excluding hydrogens is 424 g/mol. The van der Waals surface area contributed by atoms with Crippen LogP contribution in [0.2, 0.25) is 0 Å². The zero-order valence-corrected chi connectivity index (χ0v) is 20.7. The van der Waals surface area contributed by atoms with Crippen molar-refractivity contribution in [2.75, 3.05) is 0 Å². The van der Waals surface area contributed by atoms with Crippen LogP contribution in [0.25, 0.3) is 41.4 Å². The molecule has 5 aromatic rings. The quantitative estimate of drug-likeness (QED) is 0.183. The number of unbranched alkanes of at least 4 members (excludes halogenated alkanes) is 7. The number of benzene rings is 3. The molecule has 5 rings (SSSR count). The van der Waals surface area contributed by atoms with Crippen molar-refractivity contribution in [2.24, 2.45) is 0 Å². The number of fused-ring (bicyclic) bond motifs is 3. The van der Waals surface area contributed by atoms with E-state index in [-0.39, 0.29) is 0 Å². The van der Waals surface area contributed by atoms with Crippen molar-refractivity contribution < 1.29 is 0 Å². The van der Waals surface area contributed by atoms with Crippen molar-refractivity contribution in [2.45, 2.75) is 64.7 Å². The molecule has 0 unspecified atom stereocenters. The Kier molecular flexibility index (Phi) is 6.90. The van der Waals surface area contributed by atoms with Crippen LogP contribution in [0.5, 0.6) is 0 Å². The fraction of sp³-hybridized carbons (Fsp3) is 0.333. The van der Waals surface area contributed by atoms with Crippen molar-refractivity contribution in [3.8, 4) is 10.4 Å². The van der Waals surface area contributed by atoms with Crippen molar-refractivity contribution >= 4 is 53.6 Å². The summed E-state index contributed by atoms with van der Waals surface area (Å²) >= 11 is 3.74. The van der Waals surface area contributed by atoms with Gasteiger partial charge in [-0.2, -0.15) is 0 Å². The van der Waals surface area contributed by atoms with Gasteiger partial charge < -0.3 is 0 Å². The predicted molar refractivity (Wildman–Crippen MR) is 146 cm³/mol. The van der Waals surface area contributed by atoms with Gasteiger partial charge in [0.1, 0.15) is 0 Å². The third kappa shape index (κ3) is 4.92. The van der Waals surface area contributed by atoms with Gasteiger partial charge in [0, 0.05) is 14.3 Å². The van der Waals surface area contributed by atoms with E-state index < -0.39 is 0 Å². The van der Waals surface area contributed by atoms with Gasteiger partial charge in [0.05, 0.1) is 0 Å². The summed E-state index contributed by atoms with van der Waals surface area (Å²) in [6, 6.07) is 23.3. The SMILES string of the molecule is CCCCCCCCCCc1ccc(-c2cc3cc4cc5ccsc5cc4cc3s2)cc1. The Labute approximate surface area is 199 Å². The zero-order valence-electron chi connectivity index (χ0n) is 19.0. The third-order valence-corrected chi connectivity index (χ3v) is 8.63. The molecule has 0 spiro atoms. The molecule has 0 aliphatic rings. The van der Waals surface area contributed by atoms with Gasteiger partial charge in [-0.15, -0.1) is 22.7 Å². The van der Waals surface area contributed by atoms with E-state index in [0.29, 0.717) is 0 Å². The van der Waals surface area contributed by atoms with Crippen LogP contribution in [-0.2, 0) is 6.42 Å². The van der Waals surface area contributed by atoms with Crippen LogP contribution in [0.1, 0.15) is 63.9 Å². The molecule has 0 bridgehead atoms. The monoisotopic (exact) mass is 456 g/mol. The average Bonchev–Trinajstić information content (AvgIpc) is 3.44. The number of hydrogen-bond donors (Lipinski definition) is 0. The Bertz CT molecular complexity index is 1240. The third-order valence-electron chi connectivity index (χ3n) is 6.60. The number of thiophene rings is 2. The van der Waals surface area contributed by atoms with Crippen molar-refractivity contribution in [1.29, 1.82) is 0 Å². The highest BCUT2D eigenvalue weighted by Gasteiger charge is 2.08. The summed E-state index contributed by atoms with van der Waals surface area (Å²) in [5.74, 6) is 0. The summed E-state index contributed by atoms with van der Waals surface area (Å²) in [4.78, 5) is 1.37. The van der Waals surface area contributed by atoms with Gasteiger partial charge >= 0.3 is 0 Å². The van der Waals surface area contributed by atoms with E-state index in [1.807, 2.05) is 22.7 Å². The molecule has 2 aromatic heterocycles. The fourth-order valence-electron chi connectivity index (χ4n) is 4.69. The maximum Gasteiger partial charge on any atom is 0.0355 e. The topological polar surface area (TPSA) is 0 Å². The molecular formula is C30H32S2. The molecule has 2 heterocycles. The first kappa shape index (κ1) is 21.7. The van der Waals surface area contributed by atoms with Gasteiger partial charge in [0.2, 0.25) is 0 Å². The molecule has 0 fully saturated rings. The molecule has 0 amide bonds. The van der Waals surface area contributed by atoms with E-state index in [9.17, 15) is 0 Å². The minimum Gasteiger partial charge on any atom is -0.144 e. The predicted octanol–water partition coefficient (Wildman–Crippen LogP) is 10.6. The zero-order chi connectivity index (χ0) is 21.8. The summed E-state index contributed by atoms with van der Waals surface area (Å²) in [6.07, 6.45) is 12.3. The largest absolute Gasteiger partial charge is 0.144 e. The van der Waals surface area contributed by atoms with Gasteiger partial charge in [-0.3, -0.25) is 0 Å². The second kappa shape index (κ2) is 10.2. The van der Waals surface area contributed by atoms with Crippen molar-refractivity contribution in [1.82, 2.24) is 0 Å². The van der Waals surface area contributed by atoms with Crippen LogP contribution in [0.4, 0.5) is 0 Å². The second-order valence-corrected chi connectivity index (χ2v) is 11.1. The molecule has 0 radical (unpaired) electrons. The van der Waals surface area contributed by atoms with Crippen LogP contribution < -0.4 is 0 Å². The lowest BCUT2D eigenvalue weighted by Gasteiger charge is -2.04. The van der Waals surface area contributed by atoms with Crippen molar-refractivity contribution in [3.05, 3.63) is 71.6 Å². The van der Waals surface area contributed by atoms with Crippen LogP contribution in [0.3, 0.4) is 0 Å². The highest BCUT2D eigenvalue weighted by molar-refractivity contribution is 7.22. The molecule has 0 aliphatic carbocycles. The van der Waals surface area contributed by atoms with E-state index in [4.69, 9.17) is 0 Å².